The zero-order chi connectivity index (χ0) is 19.3. The third kappa shape index (κ3) is 3.97. The Morgan fingerprint density at radius 1 is 1.07 bits per heavy atom. The van der Waals surface area contributed by atoms with Crippen LogP contribution in [-0.2, 0) is 6.42 Å². The van der Waals surface area contributed by atoms with Gasteiger partial charge in [-0.1, -0.05) is 41.9 Å². The summed E-state index contributed by atoms with van der Waals surface area (Å²) in [6.45, 7) is 0.650. The predicted molar refractivity (Wildman–Crippen MR) is 112 cm³/mol. The summed E-state index contributed by atoms with van der Waals surface area (Å²) in [6, 6.07) is 16.8. The van der Waals surface area contributed by atoms with Crippen molar-refractivity contribution in [2.45, 2.75) is 6.42 Å². The topological polar surface area (TPSA) is 82.7 Å². The lowest BCUT2D eigenvalue weighted by Gasteiger charge is -2.08. The predicted octanol–water partition coefficient (Wildman–Crippen LogP) is 4.52. The average Bonchev–Trinajstić information content (AvgIpc) is 3.13. The smallest absolute Gasteiger partial charge is 0.274 e. The van der Waals surface area contributed by atoms with Gasteiger partial charge in [-0.05, 0) is 36.2 Å². The zero-order valence-corrected chi connectivity index (χ0v) is 15.7. The number of carbonyl (C=O) groups is 1. The van der Waals surface area contributed by atoms with Crippen LogP contribution < -0.4 is 10.6 Å². The summed E-state index contributed by atoms with van der Waals surface area (Å²) in [6.07, 6.45) is 4.38. The van der Waals surface area contributed by atoms with Gasteiger partial charge < -0.3 is 15.6 Å². The Morgan fingerprint density at radius 3 is 2.79 bits per heavy atom. The minimum atomic E-state index is -0.338. The molecule has 0 radical (unpaired) electrons. The number of hydrogen-bond donors (Lipinski definition) is 3. The molecule has 2 heterocycles. The first-order chi connectivity index (χ1) is 13.7. The van der Waals surface area contributed by atoms with Crippen molar-refractivity contribution in [1.29, 1.82) is 0 Å². The van der Waals surface area contributed by atoms with E-state index < -0.39 is 0 Å². The van der Waals surface area contributed by atoms with Crippen LogP contribution in [0.4, 0.5) is 11.6 Å². The summed E-state index contributed by atoms with van der Waals surface area (Å²) in [5.41, 5.74) is 3.15. The normalized spacial score (nSPS) is 10.8. The van der Waals surface area contributed by atoms with E-state index in [1.165, 1.54) is 10.9 Å². The number of nitrogens with zero attached hydrogens (tertiary/aromatic N) is 2. The molecule has 140 valence electrons. The van der Waals surface area contributed by atoms with Crippen LogP contribution in [0.1, 0.15) is 16.1 Å². The molecule has 2 aromatic carbocycles. The van der Waals surface area contributed by atoms with Gasteiger partial charge in [0.25, 0.3) is 5.91 Å². The van der Waals surface area contributed by atoms with Crippen molar-refractivity contribution >= 4 is 40.0 Å². The van der Waals surface area contributed by atoms with E-state index in [-0.39, 0.29) is 11.6 Å². The van der Waals surface area contributed by atoms with E-state index in [0.29, 0.717) is 23.2 Å². The van der Waals surface area contributed by atoms with Crippen LogP contribution in [0.25, 0.3) is 10.9 Å². The Morgan fingerprint density at radius 2 is 1.89 bits per heavy atom. The largest absolute Gasteiger partial charge is 0.361 e. The molecule has 4 rings (SSSR count). The number of fused-ring (bicyclic) bond motifs is 1. The number of para-hydroxylation sites is 2. The van der Waals surface area contributed by atoms with E-state index in [1.807, 2.05) is 18.3 Å². The highest BCUT2D eigenvalue weighted by molar-refractivity contribution is 6.33. The molecule has 7 heteroatoms. The van der Waals surface area contributed by atoms with Gasteiger partial charge in [-0.2, -0.15) is 0 Å². The summed E-state index contributed by atoms with van der Waals surface area (Å²) in [5, 5.41) is 7.62. The second-order valence-corrected chi connectivity index (χ2v) is 6.64. The van der Waals surface area contributed by atoms with Gasteiger partial charge in [0.2, 0.25) is 5.95 Å². The van der Waals surface area contributed by atoms with Gasteiger partial charge in [0.05, 0.1) is 10.7 Å². The molecule has 0 fully saturated rings. The van der Waals surface area contributed by atoms with Crippen LogP contribution in [0, 0.1) is 0 Å². The van der Waals surface area contributed by atoms with Crippen LogP contribution in [0.5, 0.6) is 0 Å². The number of amides is 1. The Bertz CT molecular complexity index is 1120. The molecule has 1 amide bonds. The summed E-state index contributed by atoms with van der Waals surface area (Å²) in [4.78, 5) is 24.2. The van der Waals surface area contributed by atoms with Crippen molar-refractivity contribution < 1.29 is 4.79 Å². The van der Waals surface area contributed by atoms with Crippen LogP contribution in [0.3, 0.4) is 0 Å². The van der Waals surface area contributed by atoms with E-state index in [1.54, 1.807) is 36.5 Å². The number of rotatable bonds is 6. The van der Waals surface area contributed by atoms with Gasteiger partial charge in [0, 0.05) is 29.8 Å². The molecular weight excluding hydrogens is 374 g/mol. The molecule has 0 atom stereocenters. The van der Waals surface area contributed by atoms with E-state index in [2.05, 4.69) is 37.7 Å². The quantitative estimate of drug-likeness (QED) is 0.451. The summed E-state index contributed by atoms with van der Waals surface area (Å²) >= 11 is 6.08. The van der Waals surface area contributed by atoms with E-state index >= 15 is 0 Å². The van der Waals surface area contributed by atoms with Gasteiger partial charge in [-0.15, -0.1) is 0 Å². The summed E-state index contributed by atoms with van der Waals surface area (Å²) in [5.74, 6) is 0.0711. The molecule has 6 nitrogen and oxygen atoms in total. The first-order valence-corrected chi connectivity index (χ1v) is 9.26. The molecule has 0 aliphatic heterocycles. The number of hydrogen-bond acceptors (Lipinski definition) is 4. The molecule has 0 unspecified atom stereocenters. The maximum absolute atomic E-state index is 12.4. The van der Waals surface area contributed by atoms with E-state index in [4.69, 9.17) is 11.6 Å². The Kier molecular flexibility index (Phi) is 5.21. The number of carbonyl (C=O) groups excluding carboxylic acids is 1. The standard InChI is InChI=1S/C21H18ClN5O/c22-16-6-2-4-8-18(16)26-20(28)19-10-12-24-21(27-19)23-11-9-14-13-25-17-7-3-1-5-15(14)17/h1-8,10,12-13,25H,9,11H2,(H,26,28)(H,23,24,27). The monoisotopic (exact) mass is 391 g/mol. The van der Waals surface area contributed by atoms with Crippen LogP contribution in [0.2, 0.25) is 5.02 Å². The number of aromatic nitrogens is 3. The molecular formula is C21H18ClN5O. The first kappa shape index (κ1) is 18.0. The van der Waals surface area contributed by atoms with Crippen molar-refractivity contribution in [3.05, 3.63) is 83.3 Å². The van der Waals surface area contributed by atoms with Crippen molar-refractivity contribution in [1.82, 2.24) is 15.0 Å². The Hall–Kier alpha value is -3.38. The molecule has 0 aliphatic rings. The first-order valence-electron chi connectivity index (χ1n) is 8.88. The number of aromatic amines is 1. The van der Waals surface area contributed by atoms with Gasteiger partial charge in [-0.25, -0.2) is 9.97 Å². The molecule has 0 spiro atoms. The Labute approximate surface area is 167 Å². The molecule has 3 N–H and O–H groups in total. The lowest BCUT2D eigenvalue weighted by atomic mass is 10.1. The second-order valence-electron chi connectivity index (χ2n) is 6.24. The lowest BCUT2D eigenvalue weighted by molar-refractivity contribution is 0.102. The van der Waals surface area contributed by atoms with Crippen molar-refractivity contribution in [2.24, 2.45) is 0 Å². The third-order valence-electron chi connectivity index (χ3n) is 4.36. The number of nitrogens with one attached hydrogen (secondary N) is 3. The minimum Gasteiger partial charge on any atom is -0.361 e. The van der Waals surface area contributed by atoms with Crippen molar-refractivity contribution in [3.63, 3.8) is 0 Å². The van der Waals surface area contributed by atoms with Crippen LogP contribution in [-0.4, -0.2) is 27.4 Å². The molecule has 0 saturated carbocycles. The molecule has 2 aromatic heterocycles. The zero-order valence-electron chi connectivity index (χ0n) is 14.9. The van der Waals surface area contributed by atoms with Gasteiger partial charge in [0.15, 0.2) is 0 Å². The number of halogens is 1. The summed E-state index contributed by atoms with van der Waals surface area (Å²) < 4.78 is 0. The molecule has 0 saturated heterocycles. The fourth-order valence-corrected chi connectivity index (χ4v) is 3.15. The molecule has 28 heavy (non-hydrogen) atoms. The van der Waals surface area contributed by atoms with Gasteiger partial charge in [-0.3, -0.25) is 4.79 Å². The van der Waals surface area contributed by atoms with Gasteiger partial charge >= 0.3 is 0 Å². The number of benzene rings is 2. The van der Waals surface area contributed by atoms with E-state index in [0.717, 1.165) is 11.9 Å². The highest BCUT2D eigenvalue weighted by Crippen LogP contribution is 2.21. The van der Waals surface area contributed by atoms with Crippen molar-refractivity contribution in [2.75, 3.05) is 17.2 Å². The van der Waals surface area contributed by atoms with Crippen LogP contribution >= 0.6 is 11.6 Å². The lowest BCUT2D eigenvalue weighted by Crippen LogP contribution is -2.16. The highest BCUT2D eigenvalue weighted by Gasteiger charge is 2.11. The van der Waals surface area contributed by atoms with E-state index in [9.17, 15) is 4.79 Å². The number of H-pyrrole nitrogens is 1. The highest BCUT2D eigenvalue weighted by atomic mass is 35.5. The van der Waals surface area contributed by atoms with Gasteiger partial charge in [0.1, 0.15) is 5.69 Å². The fraction of sp³-hybridized carbons (Fsp3) is 0.0952. The maximum atomic E-state index is 12.4. The van der Waals surface area contributed by atoms with Crippen molar-refractivity contribution in [3.8, 4) is 0 Å². The number of anilines is 2. The molecule has 0 bridgehead atoms. The fourth-order valence-electron chi connectivity index (χ4n) is 2.97. The third-order valence-corrected chi connectivity index (χ3v) is 4.69. The molecule has 0 aliphatic carbocycles. The average molecular weight is 392 g/mol. The van der Waals surface area contributed by atoms with Crippen LogP contribution in [0.15, 0.2) is 67.0 Å². The maximum Gasteiger partial charge on any atom is 0.274 e. The second kappa shape index (κ2) is 8.10. The SMILES string of the molecule is O=C(Nc1ccccc1Cl)c1ccnc(NCCc2c[nH]c3ccccc23)n1. The molecule has 4 aromatic rings. The summed E-state index contributed by atoms with van der Waals surface area (Å²) in [7, 11) is 0. The Balaban J connectivity index is 1.39. The minimum absolute atomic E-state index is 0.268.